The summed E-state index contributed by atoms with van der Waals surface area (Å²) in [6.07, 6.45) is 0.320. The van der Waals surface area contributed by atoms with Crippen molar-refractivity contribution in [2.45, 2.75) is 18.4 Å². The first-order valence-electron chi connectivity index (χ1n) is 6.07. The summed E-state index contributed by atoms with van der Waals surface area (Å²) in [4.78, 5) is 19.2. The molecule has 1 heterocycles. The smallest absolute Gasteiger partial charge is 0.275 e. The normalized spacial score (nSPS) is 14.1. The van der Waals surface area contributed by atoms with Crippen LogP contribution in [-0.2, 0) is 20.9 Å². The molecule has 14 heteroatoms. The second-order valence-electron chi connectivity index (χ2n) is 4.38. The van der Waals surface area contributed by atoms with Crippen molar-refractivity contribution in [2.24, 2.45) is 0 Å². The van der Waals surface area contributed by atoms with Gasteiger partial charge in [0.05, 0.1) is 5.88 Å². The minimum absolute atomic E-state index is 0.0273. The summed E-state index contributed by atoms with van der Waals surface area (Å²) in [5.74, 6) is -0.418. The van der Waals surface area contributed by atoms with Gasteiger partial charge in [0.25, 0.3) is 0 Å². The zero-order valence-corrected chi connectivity index (χ0v) is 16.5. The predicted octanol–water partition coefficient (Wildman–Crippen LogP) is 3.14. The van der Waals surface area contributed by atoms with Gasteiger partial charge in [0, 0.05) is 11.4 Å². The van der Waals surface area contributed by atoms with Crippen molar-refractivity contribution in [3.05, 3.63) is 15.9 Å². The first-order valence-corrected chi connectivity index (χ1v) is 9.68. The third-order valence-corrected chi connectivity index (χ3v) is 5.00. The Hall–Kier alpha value is -0.290. The monoisotopic (exact) mass is 458 g/mol. The van der Waals surface area contributed by atoms with Crippen LogP contribution in [0, 0.1) is 0 Å². The highest BCUT2D eigenvalue weighted by molar-refractivity contribution is 7.85. The molecule has 1 unspecified atom stereocenters. The van der Waals surface area contributed by atoms with Gasteiger partial charge in [-0.25, -0.2) is 23.7 Å². The SMILES string of the molecule is CC(Cl)(CCl)OS(=O)(=O)NC(=O)Nc1nc(Cl)c(CCCl)c(Cl)n1. The van der Waals surface area contributed by atoms with E-state index in [9.17, 15) is 13.2 Å². The molecule has 0 saturated carbocycles. The molecule has 0 spiro atoms. The highest BCUT2D eigenvalue weighted by Gasteiger charge is 2.30. The van der Waals surface area contributed by atoms with Crippen molar-refractivity contribution in [2.75, 3.05) is 17.1 Å². The summed E-state index contributed by atoms with van der Waals surface area (Å²) in [6, 6.07) is -1.21. The molecule has 2 amide bonds. The summed E-state index contributed by atoms with van der Waals surface area (Å²) >= 11 is 28.5. The molecule has 1 atom stereocenters. The number of hydrogen-bond acceptors (Lipinski definition) is 6. The molecule has 0 aromatic carbocycles. The largest absolute Gasteiger partial charge is 0.365 e. The van der Waals surface area contributed by atoms with E-state index in [1.165, 1.54) is 6.92 Å². The number of amides is 2. The van der Waals surface area contributed by atoms with Crippen molar-refractivity contribution >= 4 is 80.3 Å². The van der Waals surface area contributed by atoms with Crippen LogP contribution in [0.25, 0.3) is 0 Å². The number of aromatic nitrogens is 2. The summed E-state index contributed by atoms with van der Waals surface area (Å²) < 4.78 is 29.3. The third-order valence-electron chi connectivity index (χ3n) is 2.22. The molecule has 8 nitrogen and oxygen atoms in total. The van der Waals surface area contributed by atoms with Crippen molar-refractivity contribution in [3.8, 4) is 0 Å². The quantitative estimate of drug-likeness (QED) is 0.478. The average Bonchev–Trinajstić information content (AvgIpc) is 2.40. The molecule has 2 N–H and O–H groups in total. The Labute approximate surface area is 163 Å². The van der Waals surface area contributed by atoms with Gasteiger partial charge in [0.1, 0.15) is 10.3 Å². The fraction of sp³-hybridized carbons (Fsp3) is 0.500. The van der Waals surface area contributed by atoms with E-state index in [0.717, 1.165) is 0 Å². The predicted molar refractivity (Wildman–Crippen MR) is 93.6 cm³/mol. The standard InChI is InChI=1S/C10H11Cl5N4O4S/c1-10(15,4-12)23-24(21,22)19-9(20)18-8-16-6(13)5(2-3-11)7(14)17-8/h2-4H2,1H3,(H2,16,17,18,19,20). The van der Waals surface area contributed by atoms with Gasteiger partial charge >= 0.3 is 16.3 Å². The molecule has 1 aromatic heterocycles. The van der Waals surface area contributed by atoms with Crippen LogP contribution in [0.1, 0.15) is 12.5 Å². The summed E-state index contributed by atoms with van der Waals surface area (Å²) in [7, 11) is -4.53. The lowest BCUT2D eigenvalue weighted by molar-refractivity contribution is 0.205. The van der Waals surface area contributed by atoms with Crippen molar-refractivity contribution < 1.29 is 17.4 Å². The van der Waals surface area contributed by atoms with E-state index in [2.05, 4.69) is 14.2 Å². The minimum Gasteiger partial charge on any atom is -0.275 e. The van der Waals surface area contributed by atoms with Gasteiger partial charge in [-0.1, -0.05) is 34.8 Å². The average molecular weight is 461 g/mol. The lowest BCUT2D eigenvalue weighted by Crippen LogP contribution is -2.40. The molecule has 0 aliphatic rings. The maximum atomic E-state index is 11.7. The number of halogens is 5. The van der Waals surface area contributed by atoms with E-state index in [0.29, 0.717) is 12.0 Å². The van der Waals surface area contributed by atoms with E-state index in [1.807, 2.05) is 5.32 Å². The van der Waals surface area contributed by atoms with Gasteiger partial charge in [-0.2, -0.15) is 8.42 Å². The van der Waals surface area contributed by atoms with Crippen LogP contribution in [0.5, 0.6) is 0 Å². The number of anilines is 1. The zero-order chi connectivity index (χ0) is 18.5. The lowest BCUT2D eigenvalue weighted by atomic mass is 10.3. The van der Waals surface area contributed by atoms with E-state index >= 15 is 0 Å². The fourth-order valence-electron chi connectivity index (χ4n) is 1.30. The number of carbonyl (C=O) groups is 1. The van der Waals surface area contributed by atoms with Crippen LogP contribution in [-0.4, -0.2) is 41.2 Å². The number of nitrogens with zero attached hydrogens (tertiary/aromatic N) is 2. The van der Waals surface area contributed by atoms with Gasteiger partial charge in [-0.15, -0.1) is 23.2 Å². The summed E-state index contributed by atoms with van der Waals surface area (Å²) in [6.45, 7) is 1.21. The Morgan fingerprint density at radius 3 is 2.25 bits per heavy atom. The van der Waals surface area contributed by atoms with Crippen LogP contribution in [0.3, 0.4) is 0 Å². The maximum Gasteiger partial charge on any atom is 0.365 e. The topological polar surface area (TPSA) is 110 Å². The molecule has 0 fully saturated rings. The van der Waals surface area contributed by atoms with E-state index in [4.69, 9.17) is 58.0 Å². The number of urea groups is 1. The van der Waals surface area contributed by atoms with Gasteiger partial charge in [0.15, 0.2) is 5.06 Å². The van der Waals surface area contributed by atoms with Crippen LogP contribution >= 0.6 is 58.0 Å². The fourth-order valence-corrected chi connectivity index (χ4v) is 3.27. The summed E-state index contributed by atoms with van der Waals surface area (Å²) in [5, 5.41) is 0.267. The maximum absolute atomic E-state index is 11.7. The van der Waals surface area contributed by atoms with E-state index in [-0.39, 0.29) is 28.0 Å². The Morgan fingerprint density at radius 1 is 1.25 bits per heavy atom. The minimum atomic E-state index is -4.53. The first-order chi connectivity index (χ1) is 11.0. The molecular formula is C10H11Cl5N4O4S. The summed E-state index contributed by atoms with van der Waals surface area (Å²) in [5.41, 5.74) is 0.398. The molecule has 0 aliphatic carbocycles. The van der Waals surface area contributed by atoms with Gasteiger partial charge in [-0.05, 0) is 13.3 Å². The molecule has 24 heavy (non-hydrogen) atoms. The van der Waals surface area contributed by atoms with Crippen molar-refractivity contribution in [1.29, 1.82) is 0 Å². The molecule has 0 bridgehead atoms. The number of hydrogen-bond donors (Lipinski definition) is 2. The van der Waals surface area contributed by atoms with Crippen LogP contribution in [0.2, 0.25) is 10.3 Å². The van der Waals surface area contributed by atoms with E-state index in [1.54, 1.807) is 4.72 Å². The second kappa shape index (κ2) is 8.88. The molecule has 1 aromatic rings. The number of nitrogens with one attached hydrogen (secondary N) is 2. The van der Waals surface area contributed by atoms with E-state index < -0.39 is 21.4 Å². The molecular weight excluding hydrogens is 449 g/mol. The number of alkyl halides is 3. The molecule has 0 aliphatic heterocycles. The highest BCUT2D eigenvalue weighted by atomic mass is 35.5. The zero-order valence-electron chi connectivity index (χ0n) is 11.9. The van der Waals surface area contributed by atoms with Crippen LogP contribution in [0.4, 0.5) is 10.7 Å². The van der Waals surface area contributed by atoms with Gasteiger partial charge in [0.2, 0.25) is 5.95 Å². The Bertz CT molecular complexity index is 692. The molecule has 0 saturated heterocycles. The lowest BCUT2D eigenvalue weighted by Gasteiger charge is -2.18. The van der Waals surface area contributed by atoms with Gasteiger partial charge < -0.3 is 0 Å². The first kappa shape index (κ1) is 21.8. The molecule has 136 valence electrons. The van der Waals surface area contributed by atoms with Crippen LogP contribution < -0.4 is 10.0 Å². The Balaban J connectivity index is 2.82. The van der Waals surface area contributed by atoms with Crippen molar-refractivity contribution in [1.82, 2.24) is 14.7 Å². The number of rotatable bonds is 7. The van der Waals surface area contributed by atoms with Crippen molar-refractivity contribution in [3.63, 3.8) is 0 Å². The van der Waals surface area contributed by atoms with Crippen LogP contribution in [0.15, 0.2) is 0 Å². The van der Waals surface area contributed by atoms with Gasteiger partial charge in [-0.3, -0.25) is 5.32 Å². The number of carbonyl (C=O) groups excluding carboxylic acids is 1. The molecule has 0 radical (unpaired) electrons. The molecule has 1 rings (SSSR count). The Kier molecular flexibility index (Phi) is 8.05. The second-order valence-corrected chi connectivity index (χ2v) is 7.82. The third kappa shape index (κ3) is 6.91. The highest BCUT2D eigenvalue weighted by Crippen LogP contribution is 2.24. The Morgan fingerprint density at radius 2 is 1.79 bits per heavy atom.